The summed E-state index contributed by atoms with van der Waals surface area (Å²) in [7, 11) is -0.677. The quantitative estimate of drug-likeness (QED) is 0.656. The molecule has 2 unspecified atom stereocenters. The summed E-state index contributed by atoms with van der Waals surface area (Å²) in [6.07, 6.45) is 1.64. The van der Waals surface area contributed by atoms with Crippen LogP contribution in [-0.2, 0) is 24.5 Å². The summed E-state index contributed by atoms with van der Waals surface area (Å²) in [6, 6.07) is 1.04. The third kappa shape index (κ3) is 4.13. The van der Waals surface area contributed by atoms with Crippen molar-refractivity contribution in [1.82, 2.24) is 10.3 Å². The molecule has 4 atom stereocenters. The number of hydrogen-bond donors (Lipinski definition) is 2. The van der Waals surface area contributed by atoms with Crippen LogP contribution in [0.1, 0.15) is 53.0 Å². The first kappa shape index (κ1) is 23.4. The monoisotopic (exact) mass is 450 g/mol. The fourth-order valence-corrected chi connectivity index (χ4v) is 4.37. The van der Waals surface area contributed by atoms with Gasteiger partial charge < -0.3 is 29.2 Å². The van der Waals surface area contributed by atoms with Gasteiger partial charge in [0.25, 0.3) is 0 Å². The van der Waals surface area contributed by atoms with Gasteiger partial charge in [-0.25, -0.2) is 9.37 Å². The molecule has 4 heterocycles. The predicted octanol–water partition coefficient (Wildman–Crippen LogP) is 1.80. The molecular formula is C22H32BFN2O6. The topological polar surface area (TPSA) is 99.1 Å². The third-order valence-electron chi connectivity index (χ3n) is 7.27. The largest absolute Gasteiger partial charge is 0.496 e. The molecule has 4 rings (SSSR count). The minimum Gasteiger partial charge on any atom is -0.480 e. The molecule has 1 aromatic heterocycles. The van der Waals surface area contributed by atoms with Crippen molar-refractivity contribution in [3.05, 3.63) is 17.8 Å². The summed E-state index contributed by atoms with van der Waals surface area (Å²) in [6.45, 7) is 10.6. The highest BCUT2D eigenvalue weighted by molar-refractivity contribution is 6.62. The molecule has 3 saturated heterocycles. The molecule has 3 fully saturated rings. The number of carbonyl (C=O) groups is 1. The number of nitrogens with one attached hydrogen (secondary N) is 1. The number of hydrogen-bond acceptors (Lipinski definition) is 7. The van der Waals surface area contributed by atoms with Gasteiger partial charge in [0.05, 0.1) is 23.4 Å². The summed E-state index contributed by atoms with van der Waals surface area (Å²) in [5.41, 5.74) is -1.81. The van der Waals surface area contributed by atoms with Crippen LogP contribution in [0.3, 0.4) is 0 Å². The Bertz CT molecular complexity index is 868. The smallest absolute Gasteiger partial charge is 0.480 e. The highest BCUT2D eigenvalue weighted by Crippen LogP contribution is 2.44. The van der Waals surface area contributed by atoms with E-state index in [2.05, 4.69) is 10.3 Å². The standard InChI is InChI=1S/C22H32BFN2O6/c1-13-12-29-7-6-22(13,24)16-8-14(23-31-20(2,3)21(4,5)32-23)10-26-18(16)30-15-9-17(19(27)28)25-11-15/h8,10,13,15,17,25H,6-7,9,11-12H2,1-5H3,(H,27,28)/t13-,15?,17?,22+/m0/s1. The van der Waals surface area contributed by atoms with Crippen molar-refractivity contribution in [1.29, 1.82) is 0 Å². The van der Waals surface area contributed by atoms with Crippen LogP contribution in [0.15, 0.2) is 12.3 Å². The number of aliphatic carboxylic acids is 1. The van der Waals surface area contributed by atoms with E-state index in [1.165, 1.54) is 0 Å². The zero-order valence-corrected chi connectivity index (χ0v) is 19.3. The highest BCUT2D eigenvalue weighted by Gasteiger charge is 2.53. The summed E-state index contributed by atoms with van der Waals surface area (Å²) < 4.78 is 40.2. The van der Waals surface area contributed by atoms with Crippen LogP contribution in [0.2, 0.25) is 0 Å². The van der Waals surface area contributed by atoms with Crippen LogP contribution >= 0.6 is 0 Å². The van der Waals surface area contributed by atoms with E-state index in [1.807, 2.05) is 34.6 Å². The number of nitrogens with zero attached hydrogens (tertiary/aromatic N) is 1. The molecule has 0 aromatic carbocycles. The molecule has 0 aliphatic carbocycles. The summed E-state index contributed by atoms with van der Waals surface area (Å²) in [4.78, 5) is 15.7. The number of ether oxygens (including phenoxy) is 2. The van der Waals surface area contributed by atoms with Crippen LogP contribution in [0, 0.1) is 5.92 Å². The third-order valence-corrected chi connectivity index (χ3v) is 7.27. The molecule has 176 valence electrons. The maximum absolute atomic E-state index is 16.4. The minimum atomic E-state index is -1.70. The van der Waals surface area contributed by atoms with Gasteiger partial charge in [-0.15, -0.1) is 0 Å². The fraction of sp³-hybridized carbons (Fsp3) is 0.727. The van der Waals surface area contributed by atoms with Gasteiger partial charge in [-0.1, -0.05) is 6.92 Å². The van der Waals surface area contributed by atoms with Gasteiger partial charge in [0.15, 0.2) is 0 Å². The van der Waals surface area contributed by atoms with Gasteiger partial charge in [-0.2, -0.15) is 0 Å². The molecule has 3 aliphatic rings. The van der Waals surface area contributed by atoms with E-state index in [4.69, 9.17) is 18.8 Å². The van der Waals surface area contributed by atoms with Crippen molar-refractivity contribution in [3.8, 4) is 5.88 Å². The van der Waals surface area contributed by atoms with E-state index in [0.29, 0.717) is 30.8 Å². The fourth-order valence-electron chi connectivity index (χ4n) is 4.37. The number of carboxylic acid groups (broad SMARTS) is 1. The SMILES string of the molecule is C[C@H]1COCC[C@]1(F)c1cc(B2OC(C)(C)C(C)(C)O2)cnc1OC1CNC(C(=O)O)C1. The average Bonchev–Trinajstić information content (AvgIpc) is 3.26. The predicted molar refractivity (Wildman–Crippen MR) is 116 cm³/mol. The Labute approximate surface area is 188 Å². The number of alkyl halides is 1. The molecule has 10 heteroatoms. The minimum absolute atomic E-state index is 0.180. The number of rotatable bonds is 5. The van der Waals surface area contributed by atoms with Crippen LogP contribution in [0.4, 0.5) is 4.39 Å². The van der Waals surface area contributed by atoms with Gasteiger partial charge >= 0.3 is 13.1 Å². The van der Waals surface area contributed by atoms with Crippen molar-refractivity contribution in [2.24, 2.45) is 5.92 Å². The lowest BCUT2D eigenvalue weighted by molar-refractivity contribution is -0.139. The number of carboxylic acids is 1. The van der Waals surface area contributed by atoms with Crippen molar-refractivity contribution < 1.29 is 33.1 Å². The number of halogens is 1. The lowest BCUT2D eigenvalue weighted by atomic mass is 9.75. The van der Waals surface area contributed by atoms with Gasteiger partial charge in [-0.3, -0.25) is 4.79 Å². The Kier molecular flexibility index (Phi) is 6.03. The Morgan fingerprint density at radius 3 is 2.59 bits per heavy atom. The molecule has 32 heavy (non-hydrogen) atoms. The molecule has 3 aliphatic heterocycles. The highest BCUT2D eigenvalue weighted by atomic mass is 19.1. The first-order valence-electron chi connectivity index (χ1n) is 11.2. The number of pyridine rings is 1. The molecule has 8 nitrogen and oxygen atoms in total. The summed E-state index contributed by atoms with van der Waals surface area (Å²) >= 11 is 0. The van der Waals surface area contributed by atoms with Crippen LogP contribution in [0.25, 0.3) is 0 Å². The Balaban J connectivity index is 1.67. The van der Waals surface area contributed by atoms with E-state index < -0.39 is 48.0 Å². The second-order valence-electron chi connectivity index (χ2n) is 10.1. The second kappa shape index (κ2) is 8.24. The van der Waals surface area contributed by atoms with Crippen molar-refractivity contribution >= 4 is 18.6 Å². The first-order valence-corrected chi connectivity index (χ1v) is 11.2. The molecule has 0 amide bonds. The van der Waals surface area contributed by atoms with Crippen LogP contribution in [0.5, 0.6) is 5.88 Å². The normalized spacial score (nSPS) is 33.9. The van der Waals surface area contributed by atoms with Crippen molar-refractivity contribution in [2.45, 2.75) is 76.5 Å². The average molecular weight is 450 g/mol. The molecule has 0 radical (unpaired) electrons. The molecule has 0 saturated carbocycles. The molecular weight excluding hydrogens is 418 g/mol. The van der Waals surface area contributed by atoms with Gasteiger partial charge in [0.2, 0.25) is 5.88 Å². The lowest BCUT2D eigenvalue weighted by Crippen LogP contribution is -2.41. The van der Waals surface area contributed by atoms with Crippen molar-refractivity contribution in [3.63, 3.8) is 0 Å². The van der Waals surface area contributed by atoms with E-state index in [1.54, 1.807) is 12.3 Å². The maximum atomic E-state index is 16.4. The Morgan fingerprint density at radius 1 is 1.31 bits per heavy atom. The zero-order valence-electron chi connectivity index (χ0n) is 19.3. The maximum Gasteiger partial charge on any atom is 0.496 e. The van der Waals surface area contributed by atoms with Crippen LogP contribution < -0.4 is 15.5 Å². The lowest BCUT2D eigenvalue weighted by Gasteiger charge is -2.37. The molecule has 2 N–H and O–H groups in total. The van der Waals surface area contributed by atoms with Crippen molar-refractivity contribution in [2.75, 3.05) is 19.8 Å². The summed E-state index contributed by atoms with van der Waals surface area (Å²) in [5, 5.41) is 12.1. The molecule has 1 aromatic rings. The first-order chi connectivity index (χ1) is 14.9. The molecule has 0 bridgehead atoms. The van der Waals surface area contributed by atoms with E-state index in [-0.39, 0.29) is 18.7 Å². The van der Waals surface area contributed by atoms with Gasteiger partial charge in [0, 0.05) is 43.6 Å². The molecule has 0 spiro atoms. The van der Waals surface area contributed by atoms with Gasteiger partial charge in [0.1, 0.15) is 17.8 Å². The Morgan fingerprint density at radius 2 is 2.00 bits per heavy atom. The van der Waals surface area contributed by atoms with Crippen LogP contribution in [-0.4, -0.2) is 66.3 Å². The van der Waals surface area contributed by atoms with E-state index in [0.717, 1.165) is 0 Å². The van der Waals surface area contributed by atoms with E-state index in [9.17, 15) is 9.90 Å². The van der Waals surface area contributed by atoms with Gasteiger partial charge in [-0.05, 0) is 33.8 Å². The second-order valence-corrected chi connectivity index (χ2v) is 10.1. The Hall–Kier alpha value is -1.75. The summed E-state index contributed by atoms with van der Waals surface area (Å²) in [5.74, 6) is -1.15. The van der Waals surface area contributed by atoms with E-state index >= 15 is 4.39 Å². The number of aromatic nitrogens is 1. The zero-order chi connectivity index (χ0) is 23.3.